The number of nitrogens with two attached hydrogens (primary N) is 1. The smallest absolute Gasteiger partial charge is 0.128 e. The molecule has 0 aliphatic carbocycles. The van der Waals surface area contributed by atoms with Crippen molar-refractivity contribution in [3.63, 3.8) is 0 Å². The van der Waals surface area contributed by atoms with Gasteiger partial charge in [-0.05, 0) is 59.3 Å². The summed E-state index contributed by atoms with van der Waals surface area (Å²) in [4.78, 5) is 4.38. The minimum atomic E-state index is 0.182. The van der Waals surface area contributed by atoms with Crippen LogP contribution in [0.2, 0.25) is 0 Å². The molecule has 0 amide bonds. The van der Waals surface area contributed by atoms with Crippen LogP contribution in [-0.2, 0) is 0 Å². The van der Waals surface area contributed by atoms with E-state index < -0.39 is 0 Å². The van der Waals surface area contributed by atoms with Gasteiger partial charge in [-0.25, -0.2) is 4.98 Å². The number of hydrogen-bond acceptors (Lipinski definition) is 3. The average Bonchev–Trinajstić information content (AvgIpc) is 2.33. The second-order valence-electron chi connectivity index (χ2n) is 4.58. The number of pyridine rings is 1. The summed E-state index contributed by atoms with van der Waals surface area (Å²) in [6.45, 7) is 8.04. The molecule has 0 atom stereocenters. The van der Waals surface area contributed by atoms with E-state index in [-0.39, 0.29) is 5.41 Å². The molecule has 0 bridgehead atoms. The van der Waals surface area contributed by atoms with Crippen LogP contribution in [0.4, 0.5) is 5.82 Å². The van der Waals surface area contributed by atoms with Gasteiger partial charge in [0.1, 0.15) is 5.82 Å². The van der Waals surface area contributed by atoms with Gasteiger partial charge in [0.25, 0.3) is 0 Å². The Morgan fingerprint density at radius 2 is 2.06 bits per heavy atom. The van der Waals surface area contributed by atoms with Crippen molar-refractivity contribution < 1.29 is 0 Å². The van der Waals surface area contributed by atoms with Crippen LogP contribution < -0.4 is 11.1 Å². The maximum atomic E-state index is 5.89. The summed E-state index contributed by atoms with van der Waals surface area (Å²) in [5.74, 6) is 0.952. The Bertz CT molecular complexity index is 353. The molecule has 0 unspecified atom stereocenters. The van der Waals surface area contributed by atoms with E-state index in [2.05, 4.69) is 53.1 Å². The fraction of sp³-hybridized carbons (Fsp3) is 0.615. The summed E-state index contributed by atoms with van der Waals surface area (Å²) in [7, 11) is 0. The Kier molecular flexibility index (Phi) is 5.40. The van der Waals surface area contributed by atoms with Crippen molar-refractivity contribution in [3.05, 3.63) is 22.3 Å². The maximum absolute atomic E-state index is 5.89. The largest absolute Gasteiger partial charge is 0.369 e. The van der Waals surface area contributed by atoms with E-state index in [0.29, 0.717) is 6.54 Å². The van der Waals surface area contributed by atoms with Crippen LogP contribution in [0.15, 0.2) is 16.7 Å². The predicted octanol–water partition coefficient (Wildman–Crippen LogP) is 3.33. The molecule has 4 heteroatoms. The number of aryl methyl sites for hydroxylation is 1. The molecule has 0 aliphatic heterocycles. The van der Waals surface area contributed by atoms with Gasteiger partial charge in [-0.3, -0.25) is 0 Å². The van der Waals surface area contributed by atoms with Crippen molar-refractivity contribution in [1.82, 2.24) is 4.98 Å². The monoisotopic (exact) mass is 299 g/mol. The molecule has 17 heavy (non-hydrogen) atoms. The highest BCUT2D eigenvalue weighted by Gasteiger charge is 2.24. The van der Waals surface area contributed by atoms with Crippen molar-refractivity contribution in [1.29, 1.82) is 0 Å². The first-order chi connectivity index (χ1) is 8.06. The first-order valence-corrected chi connectivity index (χ1v) is 6.92. The van der Waals surface area contributed by atoms with E-state index in [4.69, 9.17) is 5.73 Å². The van der Waals surface area contributed by atoms with Gasteiger partial charge >= 0.3 is 0 Å². The topological polar surface area (TPSA) is 50.9 Å². The van der Waals surface area contributed by atoms with Crippen LogP contribution in [-0.4, -0.2) is 18.1 Å². The lowest BCUT2D eigenvalue weighted by atomic mass is 9.82. The lowest BCUT2D eigenvalue weighted by Gasteiger charge is -2.30. The quantitative estimate of drug-likeness (QED) is 0.847. The van der Waals surface area contributed by atoms with Crippen molar-refractivity contribution in [3.8, 4) is 0 Å². The van der Waals surface area contributed by atoms with E-state index in [1.807, 2.05) is 6.20 Å². The second-order valence-corrected chi connectivity index (χ2v) is 5.50. The van der Waals surface area contributed by atoms with Crippen molar-refractivity contribution in [2.24, 2.45) is 11.1 Å². The summed E-state index contributed by atoms with van der Waals surface area (Å²) >= 11 is 3.42. The highest BCUT2D eigenvalue weighted by Crippen LogP contribution is 2.26. The number of nitrogens with zero attached hydrogens (tertiary/aromatic N) is 1. The van der Waals surface area contributed by atoms with Gasteiger partial charge < -0.3 is 11.1 Å². The number of aromatic nitrogens is 1. The van der Waals surface area contributed by atoms with Crippen LogP contribution in [0.5, 0.6) is 0 Å². The molecule has 0 saturated carbocycles. The minimum absolute atomic E-state index is 0.182. The Morgan fingerprint density at radius 1 is 1.41 bits per heavy atom. The number of anilines is 1. The molecule has 1 aromatic rings. The lowest BCUT2D eigenvalue weighted by molar-refractivity contribution is 0.294. The zero-order chi connectivity index (χ0) is 12.9. The zero-order valence-corrected chi connectivity index (χ0v) is 12.5. The van der Waals surface area contributed by atoms with Gasteiger partial charge in [0.15, 0.2) is 0 Å². The van der Waals surface area contributed by atoms with Crippen LogP contribution in [0.25, 0.3) is 0 Å². The van der Waals surface area contributed by atoms with Gasteiger partial charge in [-0.15, -0.1) is 0 Å². The van der Waals surface area contributed by atoms with Crippen molar-refractivity contribution in [2.75, 3.05) is 18.4 Å². The molecule has 0 spiro atoms. The third kappa shape index (κ3) is 3.68. The van der Waals surface area contributed by atoms with E-state index >= 15 is 0 Å². The molecule has 0 saturated heterocycles. The van der Waals surface area contributed by atoms with Gasteiger partial charge in [0.05, 0.1) is 0 Å². The first kappa shape index (κ1) is 14.5. The maximum Gasteiger partial charge on any atom is 0.128 e. The Hall–Kier alpha value is -0.610. The predicted molar refractivity (Wildman–Crippen MR) is 77.2 cm³/mol. The van der Waals surface area contributed by atoms with Gasteiger partial charge in [0, 0.05) is 17.2 Å². The fourth-order valence-corrected chi connectivity index (χ4v) is 2.30. The number of nitrogens with one attached hydrogen (secondary N) is 1. The van der Waals surface area contributed by atoms with Crippen LogP contribution in [0.3, 0.4) is 0 Å². The first-order valence-electron chi connectivity index (χ1n) is 6.13. The van der Waals surface area contributed by atoms with Gasteiger partial charge in [0.2, 0.25) is 0 Å². The molecule has 1 heterocycles. The Labute approximate surface area is 112 Å². The fourth-order valence-electron chi connectivity index (χ4n) is 1.86. The standard InChI is InChI=1S/C13H22BrN3/c1-4-13(5-2,8-15)9-17-12-10(3)6-11(14)7-16-12/h6-7H,4-5,8-9,15H2,1-3H3,(H,16,17). The third-order valence-electron chi connectivity index (χ3n) is 3.61. The third-order valence-corrected chi connectivity index (χ3v) is 4.04. The summed E-state index contributed by atoms with van der Waals surface area (Å²) in [6.07, 6.45) is 3.99. The summed E-state index contributed by atoms with van der Waals surface area (Å²) in [5.41, 5.74) is 7.22. The SMILES string of the molecule is CCC(CC)(CN)CNc1ncc(Br)cc1C. The molecule has 1 rings (SSSR count). The van der Waals surface area contributed by atoms with Gasteiger partial charge in [-0.1, -0.05) is 13.8 Å². The van der Waals surface area contributed by atoms with Crippen LogP contribution in [0.1, 0.15) is 32.3 Å². The normalized spacial score (nSPS) is 11.6. The highest BCUT2D eigenvalue weighted by atomic mass is 79.9. The summed E-state index contributed by atoms with van der Waals surface area (Å²) in [5, 5.41) is 3.42. The summed E-state index contributed by atoms with van der Waals surface area (Å²) in [6, 6.07) is 2.07. The molecule has 3 nitrogen and oxygen atoms in total. The number of hydrogen-bond donors (Lipinski definition) is 2. The van der Waals surface area contributed by atoms with Gasteiger partial charge in [-0.2, -0.15) is 0 Å². The molecular weight excluding hydrogens is 278 g/mol. The van der Waals surface area contributed by atoms with Crippen molar-refractivity contribution >= 4 is 21.7 Å². The summed E-state index contributed by atoms with van der Waals surface area (Å²) < 4.78 is 1.01. The minimum Gasteiger partial charge on any atom is -0.369 e. The Morgan fingerprint density at radius 3 is 2.53 bits per heavy atom. The second kappa shape index (κ2) is 6.36. The highest BCUT2D eigenvalue weighted by molar-refractivity contribution is 9.10. The molecule has 3 N–H and O–H groups in total. The lowest BCUT2D eigenvalue weighted by Crippen LogP contribution is -2.36. The van der Waals surface area contributed by atoms with Crippen LogP contribution >= 0.6 is 15.9 Å². The van der Waals surface area contributed by atoms with E-state index in [1.54, 1.807) is 0 Å². The average molecular weight is 300 g/mol. The molecule has 96 valence electrons. The van der Waals surface area contributed by atoms with Crippen LogP contribution in [0, 0.1) is 12.3 Å². The molecule has 0 radical (unpaired) electrons. The molecule has 0 fully saturated rings. The number of halogens is 1. The Balaban J connectivity index is 2.72. The number of rotatable bonds is 6. The molecule has 0 aromatic carbocycles. The molecule has 1 aromatic heterocycles. The van der Waals surface area contributed by atoms with E-state index in [9.17, 15) is 0 Å². The van der Waals surface area contributed by atoms with E-state index in [0.717, 1.165) is 35.2 Å². The van der Waals surface area contributed by atoms with Crippen molar-refractivity contribution in [2.45, 2.75) is 33.6 Å². The zero-order valence-electron chi connectivity index (χ0n) is 10.9. The van der Waals surface area contributed by atoms with E-state index in [1.165, 1.54) is 0 Å². The molecule has 0 aliphatic rings. The molecular formula is C13H22BrN3.